The monoisotopic (exact) mass is 466 g/mol. The third kappa shape index (κ3) is 2.47. The second kappa shape index (κ2) is 7.07. The molecule has 1 heterocycles. The predicted octanol–water partition coefficient (Wildman–Crippen LogP) is 1.37. The van der Waals surface area contributed by atoms with Crippen LogP contribution in [-0.2, 0) is 12.0 Å². The molecule has 1 fully saturated rings. The fraction of sp³-hybridized carbons (Fsp3) is 0.286. The highest BCUT2D eigenvalue weighted by Crippen LogP contribution is 2.74. The quantitative estimate of drug-likeness (QED) is 0.285. The van der Waals surface area contributed by atoms with E-state index < -0.39 is 40.6 Å². The molecule has 0 spiro atoms. The number of nitrogens with two attached hydrogens (primary N) is 1. The molecule has 6 rings (SSSR count). The minimum Gasteiger partial charge on any atom is -0.507 e. The van der Waals surface area contributed by atoms with E-state index in [4.69, 9.17) is 5.73 Å². The van der Waals surface area contributed by atoms with E-state index in [-0.39, 0.29) is 34.5 Å². The van der Waals surface area contributed by atoms with Gasteiger partial charge in [-0.05, 0) is 42.7 Å². The number of phenols is 1. The number of aliphatic hydroxyl groups excluding tert-OH is 2. The van der Waals surface area contributed by atoms with E-state index in [9.17, 15) is 24.9 Å². The van der Waals surface area contributed by atoms with Crippen molar-refractivity contribution in [3.05, 3.63) is 69.8 Å². The summed E-state index contributed by atoms with van der Waals surface area (Å²) in [5.41, 5.74) is 5.52. The van der Waals surface area contributed by atoms with Crippen molar-refractivity contribution in [1.29, 1.82) is 0 Å². The largest absolute Gasteiger partial charge is 0.507 e. The van der Waals surface area contributed by atoms with Crippen molar-refractivity contribution in [2.45, 2.75) is 43.6 Å². The van der Waals surface area contributed by atoms with Crippen LogP contribution in [0.3, 0.4) is 0 Å². The van der Waals surface area contributed by atoms with Crippen LogP contribution in [-0.4, -0.2) is 45.1 Å². The predicted molar refractivity (Wildman–Crippen MR) is 128 cm³/mol. The Morgan fingerprint density at radius 2 is 1.89 bits per heavy atom. The van der Waals surface area contributed by atoms with Gasteiger partial charge in [-0.2, -0.15) is 0 Å². The smallest absolute Gasteiger partial charge is 0.198 e. The van der Waals surface area contributed by atoms with Crippen molar-refractivity contribution in [1.82, 2.24) is 0 Å². The molecule has 3 aliphatic carbocycles. The Balaban J connectivity index is 1.69. The van der Waals surface area contributed by atoms with E-state index in [1.807, 2.05) is 0 Å². The van der Waals surface area contributed by atoms with Crippen LogP contribution in [0.5, 0.6) is 5.75 Å². The number of fused-ring (bicyclic) bond motifs is 4. The lowest BCUT2D eigenvalue weighted by Gasteiger charge is -2.42. The first-order valence-corrected chi connectivity index (χ1v) is 11.4. The molecule has 0 unspecified atom stereocenters. The summed E-state index contributed by atoms with van der Waals surface area (Å²) >= 11 is 0. The number of hydrogen-bond donors (Lipinski definition) is 5. The molecule has 0 radical (unpaired) electrons. The topological polar surface area (TPSA) is 133 Å². The van der Waals surface area contributed by atoms with Gasteiger partial charge >= 0.3 is 0 Å². The molecule has 6 N–H and O–H groups in total. The number of aliphatic hydroxyl groups is 2. The number of rotatable bonds is 2. The Kier molecular flexibility index (Phi) is 4.37. The molecule has 174 valence electrons. The van der Waals surface area contributed by atoms with Gasteiger partial charge in [-0.15, -0.1) is 0 Å². The first-order chi connectivity index (χ1) is 16.8. The summed E-state index contributed by atoms with van der Waals surface area (Å²) in [6.45, 7) is 1.71. The van der Waals surface area contributed by atoms with Crippen molar-refractivity contribution in [3.63, 3.8) is 0 Å². The Morgan fingerprint density at radius 3 is 2.60 bits per heavy atom. The molecule has 0 aromatic heterocycles. The van der Waals surface area contributed by atoms with Gasteiger partial charge < -0.3 is 26.4 Å². The maximum atomic E-state index is 13.9. The number of carbonyl (C=O) groups excluding carboxylic acids is 2. The van der Waals surface area contributed by atoms with E-state index in [0.717, 1.165) is 0 Å². The number of carbonyl (C=O) groups is 2. The molecule has 1 aliphatic heterocycles. The molecule has 2 aromatic carbocycles. The third-order valence-electron chi connectivity index (χ3n) is 8.07. The molecule has 2 bridgehead atoms. The standard InChI is InChI=1S/C28H22N2O5/c1-14(31)27-13-28(27)17-11-18(32)22-23(24(17)30-19(27)9-4-2-3-5-10-20(28)33)26(35)21-15(12-29)7-6-8-16(21)25(22)34/h2-3,6-8,11,14,19-20,30-33H,12-13,29H2,1H3/b3-2-/t14-,19+,20-,27-,28-/m1/s1. The van der Waals surface area contributed by atoms with Gasteiger partial charge in [0.1, 0.15) is 11.9 Å². The van der Waals surface area contributed by atoms with Crippen molar-refractivity contribution in [2.24, 2.45) is 11.1 Å². The van der Waals surface area contributed by atoms with Crippen molar-refractivity contribution >= 4 is 17.3 Å². The summed E-state index contributed by atoms with van der Waals surface area (Å²) in [5, 5.41) is 36.6. The van der Waals surface area contributed by atoms with Crippen LogP contribution in [0.4, 0.5) is 5.69 Å². The highest BCUT2D eigenvalue weighted by atomic mass is 16.3. The summed E-state index contributed by atoms with van der Waals surface area (Å²) in [6, 6.07) is 5.69. The van der Waals surface area contributed by atoms with E-state index >= 15 is 0 Å². The van der Waals surface area contributed by atoms with Crippen LogP contribution in [0.2, 0.25) is 0 Å². The fourth-order valence-electron chi connectivity index (χ4n) is 6.40. The minimum atomic E-state index is -1.20. The summed E-state index contributed by atoms with van der Waals surface area (Å²) in [7, 11) is 0. The first kappa shape index (κ1) is 21.6. The van der Waals surface area contributed by atoms with Gasteiger partial charge in [-0.1, -0.05) is 41.9 Å². The van der Waals surface area contributed by atoms with Crippen molar-refractivity contribution in [2.75, 3.05) is 5.32 Å². The van der Waals surface area contributed by atoms with Gasteiger partial charge in [0.05, 0.1) is 29.0 Å². The maximum Gasteiger partial charge on any atom is 0.198 e. The van der Waals surface area contributed by atoms with Crippen molar-refractivity contribution in [3.8, 4) is 29.4 Å². The van der Waals surface area contributed by atoms with E-state index in [2.05, 4.69) is 29.0 Å². The third-order valence-corrected chi connectivity index (χ3v) is 8.07. The van der Waals surface area contributed by atoms with Crippen LogP contribution in [0.15, 0.2) is 36.4 Å². The Bertz CT molecular complexity index is 1520. The maximum absolute atomic E-state index is 13.9. The lowest BCUT2D eigenvalue weighted by Crippen LogP contribution is -2.50. The molecule has 35 heavy (non-hydrogen) atoms. The highest BCUT2D eigenvalue weighted by molar-refractivity contribution is 6.32. The van der Waals surface area contributed by atoms with Gasteiger partial charge in [-0.25, -0.2) is 0 Å². The minimum absolute atomic E-state index is 0.0310. The Labute approximate surface area is 201 Å². The zero-order valence-corrected chi connectivity index (χ0v) is 18.8. The van der Waals surface area contributed by atoms with Gasteiger partial charge in [0.15, 0.2) is 11.6 Å². The van der Waals surface area contributed by atoms with E-state index in [1.54, 1.807) is 37.3 Å². The number of nitrogens with one attached hydrogen (secondary N) is 1. The zero-order valence-electron chi connectivity index (χ0n) is 18.8. The van der Waals surface area contributed by atoms with Crippen molar-refractivity contribution < 1.29 is 24.9 Å². The number of allylic oxidation sites excluding steroid dienone is 2. The summed E-state index contributed by atoms with van der Waals surface area (Å²) in [4.78, 5) is 27.4. The molecular formula is C28H22N2O5. The average molecular weight is 466 g/mol. The second-order valence-corrected chi connectivity index (χ2v) is 9.53. The molecule has 5 atom stereocenters. The lowest BCUT2D eigenvalue weighted by atomic mass is 9.69. The number of hydrogen-bond acceptors (Lipinski definition) is 7. The second-order valence-electron chi connectivity index (χ2n) is 9.53. The molecular weight excluding hydrogens is 444 g/mol. The number of anilines is 1. The SMILES string of the molecule is C[C@@H](O)[C@@]12C[C@]13c1cc(O)c4c(c1N[C@H]2C#C/C=C\C#C[C@H]3O)C(=O)c1c(CN)cccc1C4=O. The Hall–Kier alpha value is -3.88. The van der Waals surface area contributed by atoms with Gasteiger partial charge in [-0.3, -0.25) is 9.59 Å². The van der Waals surface area contributed by atoms with E-state index in [1.165, 1.54) is 6.07 Å². The van der Waals surface area contributed by atoms with Crippen LogP contribution < -0.4 is 11.1 Å². The first-order valence-electron chi connectivity index (χ1n) is 11.4. The number of aromatic hydroxyl groups is 1. The van der Waals surface area contributed by atoms with Gasteiger partial charge in [0.25, 0.3) is 0 Å². The van der Waals surface area contributed by atoms with Gasteiger partial charge in [0.2, 0.25) is 0 Å². The van der Waals surface area contributed by atoms with Gasteiger partial charge in [0, 0.05) is 28.5 Å². The van der Waals surface area contributed by atoms with Crippen LogP contribution >= 0.6 is 0 Å². The highest BCUT2D eigenvalue weighted by Gasteiger charge is 2.79. The zero-order chi connectivity index (χ0) is 24.7. The molecule has 7 nitrogen and oxygen atoms in total. The van der Waals surface area contributed by atoms with E-state index in [0.29, 0.717) is 23.2 Å². The lowest BCUT2D eigenvalue weighted by molar-refractivity contribution is 0.0603. The molecule has 0 amide bonds. The Morgan fingerprint density at radius 1 is 1.14 bits per heavy atom. The summed E-state index contributed by atoms with van der Waals surface area (Å²) in [6.07, 6.45) is 1.34. The normalized spacial score (nSPS) is 30.5. The summed E-state index contributed by atoms with van der Waals surface area (Å²) in [5.74, 6) is 10.4. The number of benzene rings is 2. The molecule has 7 heteroatoms. The van der Waals surface area contributed by atoms with Crippen LogP contribution in [0.1, 0.15) is 56.3 Å². The molecule has 1 saturated carbocycles. The molecule has 2 aromatic rings. The molecule has 0 saturated heterocycles. The number of ketones is 2. The summed E-state index contributed by atoms with van der Waals surface area (Å²) < 4.78 is 0. The average Bonchev–Trinajstić information content (AvgIpc) is 3.57. The number of phenolic OH excluding ortho intramolecular Hbond substituents is 1. The molecule has 4 aliphatic rings. The fourth-order valence-corrected chi connectivity index (χ4v) is 6.40. The van der Waals surface area contributed by atoms with Crippen LogP contribution in [0.25, 0.3) is 0 Å². The van der Waals surface area contributed by atoms with Crippen LogP contribution in [0, 0.1) is 29.1 Å².